The van der Waals surface area contributed by atoms with Crippen LogP contribution in [0.3, 0.4) is 0 Å². The van der Waals surface area contributed by atoms with E-state index in [1.54, 1.807) is 0 Å². The lowest BCUT2D eigenvalue weighted by Gasteiger charge is -2.27. The minimum Gasteiger partial charge on any atom is -0.455 e. The van der Waals surface area contributed by atoms with Crippen LogP contribution in [-0.2, 0) is 0 Å². The highest BCUT2D eigenvalue weighted by Crippen LogP contribution is 2.47. The molecule has 12 aromatic carbocycles. The Bertz CT molecular complexity index is 3940. The molecule has 0 saturated carbocycles. The van der Waals surface area contributed by atoms with Crippen molar-refractivity contribution >= 4 is 92.9 Å². The third kappa shape index (κ3) is 5.73. The maximum absolute atomic E-state index is 6.76. The molecule has 0 N–H and O–H groups in total. The number of fused-ring (bicyclic) bond motifs is 11. The average Bonchev–Trinajstić information content (AvgIpc) is 3.75. The van der Waals surface area contributed by atoms with Crippen LogP contribution in [0.25, 0.3) is 109 Å². The maximum Gasteiger partial charge on any atom is 0.143 e. The Morgan fingerprint density at radius 3 is 1.53 bits per heavy atom. The fourth-order valence-electron chi connectivity index (χ4n) is 10.3. The fourth-order valence-corrected chi connectivity index (χ4v) is 10.3. The molecule has 64 heavy (non-hydrogen) atoms. The van der Waals surface area contributed by atoms with Crippen molar-refractivity contribution in [1.29, 1.82) is 0 Å². The molecule has 0 bridgehead atoms. The third-order valence-corrected chi connectivity index (χ3v) is 13.2. The van der Waals surface area contributed by atoms with Crippen LogP contribution >= 0.6 is 0 Å². The van der Waals surface area contributed by atoms with Crippen LogP contribution in [0.15, 0.2) is 241 Å². The molecule has 0 aliphatic rings. The number of hydrogen-bond acceptors (Lipinski definition) is 2. The van der Waals surface area contributed by atoms with Crippen molar-refractivity contribution in [2.45, 2.75) is 0 Å². The SMILES string of the molecule is c1ccc(-c2c(-c3ccccc3)c3cc(-c4ccc(N(c5ccc6c(c5)oc5c7ccccc7ccc65)c5cccc6c5ccc5ccccc56)cc4)ccc3c3ccccc23)cc1. The van der Waals surface area contributed by atoms with E-state index in [-0.39, 0.29) is 0 Å². The van der Waals surface area contributed by atoms with Crippen molar-refractivity contribution in [1.82, 2.24) is 0 Å². The molecular formula is C62H39NO. The minimum atomic E-state index is 0.865. The second kappa shape index (κ2) is 14.6. The number of hydrogen-bond donors (Lipinski definition) is 0. The summed E-state index contributed by atoms with van der Waals surface area (Å²) in [5, 5.41) is 14.4. The highest BCUT2D eigenvalue weighted by molar-refractivity contribution is 6.22. The lowest BCUT2D eigenvalue weighted by atomic mass is 9.84. The van der Waals surface area contributed by atoms with Gasteiger partial charge in [-0.1, -0.05) is 188 Å². The van der Waals surface area contributed by atoms with Gasteiger partial charge in [-0.3, -0.25) is 0 Å². The summed E-state index contributed by atoms with van der Waals surface area (Å²) in [7, 11) is 0. The Labute approximate surface area is 370 Å². The molecular weight excluding hydrogens is 775 g/mol. The van der Waals surface area contributed by atoms with Crippen LogP contribution in [0, 0.1) is 0 Å². The lowest BCUT2D eigenvalue weighted by molar-refractivity contribution is 0.672. The largest absolute Gasteiger partial charge is 0.455 e. The molecule has 2 heteroatoms. The average molecular weight is 814 g/mol. The molecule has 0 aliphatic carbocycles. The molecule has 1 heterocycles. The van der Waals surface area contributed by atoms with Gasteiger partial charge in [-0.15, -0.1) is 0 Å². The van der Waals surface area contributed by atoms with Gasteiger partial charge in [0.05, 0.1) is 5.69 Å². The zero-order valence-electron chi connectivity index (χ0n) is 34.9. The molecule has 2 nitrogen and oxygen atoms in total. The summed E-state index contributed by atoms with van der Waals surface area (Å²) in [5.41, 5.74) is 12.2. The smallest absolute Gasteiger partial charge is 0.143 e. The predicted octanol–water partition coefficient (Wildman–Crippen LogP) is 17.8. The monoisotopic (exact) mass is 813 g/mol. The van der Waals surface area contributed by atoms with Crippen molar-refractivity contribution in [2.24, 2.45) is 0 Å². The van der Waals surface area contributed by atoms with E-state index < -0.39 is 0 Å². The summed E-state index contributed by atoms with van der Waals surface area (Å²) in [6, 6.07) is 86.0. The minimum absolute atomic E-state index is 0.865. The van der Waals surface area contributed by atoms with Gasteiger partial charge in [-0.2, -0.15) is 0 Å². The van der Waals surface area contributed by atoms with E-state index in [1.807, 2.05) is 0 Å². The van der Waals surface area contributed by atoms with E-state index in [9.17, 15) is 0 Å². The summed E-state index contributed by atoms with van der Waals surface area (Å²) >= 11 is 0. The van der Waals surface area contributed by atoms with Crippen LogP contribution in [-0.4, -0.2) is 0 Å². The fraction of sp³-hybridized carbons (Fsp3) is 0. The van der Waals surface area contributed by atoms with Crippen LogP contribution in [0.5, 0.6) is 0 Å². The number of benzene rings is 12. The van der Waals surface area contributed by atoms with Crippen molar-refractivity contribution in [3.63, 3.8) is 0 Å². The van der Waals surface area contributed by atoms with E-state index in [1.165, 1.54) is 76.3 Å². The zero-order valence-corrected chi connectivity index (χ0v) is 34.9. The Hall–Kier alpha value is -8.46. The lowest BCUT2D eigenvalue weighted by Crippen LogP contribution is -2.10. The zero-order chi connectivity index (χ0) is 42.1. The molecule has 1 aromatic heterocycles. The topological polar surface area (TPSA) is 16.4 Å². The van der Waals surface area contributed by atoms with Crippen LogP contribution in [0.4, 0.5) is 17.1 Å². The standard InChI is InChI=1S/C62H39NO/c1-3-16-43(17-4-1)60-55-23-12-11-22-51(55)52-34-30-45(38-57(52)61(60)44-18-5-2-6-19-44)40-26-31-46(32-27-40)63(58-25-13-24-50-48-20-9-7-14-41(48)28-35-53(50)58)47-33-37-54-56-36-29-42-15-8-10-21-49(42)62(56)64-59(54)39-47/h1-39H. The van der Waals surface area contributed by atoms with Gasteiger partial charge in [0, 0.05) is 39.0 Å². The van der Waals surface area contributed by atoms with Gasteiger partial charge in [-0.05, 0) is 119 Å². The normalized spacial score (nSPS) is 11.8. The second-order valence-corrected chi connectivity index (χ2v) is 16.8. The third-order valence-electron chi connectivity index (χ3n) is 13.2. The van der Waals surface area contributed by atoms with Crippen molar-refractivity contribution < 1.29 is 4.42 Å². The van der Waals surface area contributed by atoms with Gasteiger partial charge >= 0.3 is 0 Å². The first-order valence-electron chi connectivity index (χ1n) is 22.0. The highest BCUT2D eigenvalue weighted by Gasteiger charge is 2.21. The Morgan fingerprint density at radius 1 is 0.266 bits per heavy atom. The van der Waals surface area contributed by atoms with Crippen molar-refractivity contribution in [2.75, 3.05) is 4.90 Å². The first-order valence-corrected chi connectivity index (χ1v) is 22.0. The van der Waals surface area contributed by atoms with E-state index in [0.717, 1.165) is 50.0 Å². The van der Waals surface area contributed by atoms with Crippen molar-refractivity contribution in [3.05, 3.63) is 237 Å². The van der Waals surface area contributed by atoms with E-state index in [2.05, 4.69) is 241 Å². The molecule has 0 unspecified atom stereocenters. The molecule has 0 amide bonds. The Balaban J connectivity index is 0.998. The molecule has 0 atom stereocenters. The Morgan fingerprint density at radius 2 is 0.781 bits per heavy atom. The molecule has 0 saturated heterocycles. The summed E-state index contributed by atoms with van der Waals surface area (Å²) in [6.07, 6.45) is 0. The van der Waals surface area contributed by atoms with Gasteiger partial charge in [0.15, 0.2) is 0 Å². The van der Waals surface area contributed by atoms with Gasteiger partial charge in [0.2, 0.25) is 0 Å². The van der Waals surface area contributed by atoms with Gasteiger partial charge in [0.1, 0.15) is 11.2 Å². The molecule has 13 rings (SSSR count). The van der Waals surface area contributed by atoms with E-state index in [0.29, 0.717) is 0 Å². The van der Waals surface area contributed by atoms with Crippen molar-refractivity contribution in [3.8, 4) is 33.4 Å². The Kier molecular flexibility index (Phi) is 8.25. The first-order chi connectivity index (χ1) is 31.7. The molecule has 298 valence electrons. The van der Waals surface area contributed by atoms with Gasteiger partial charge < -0.3 is 9.32 Å². The van der Waals surface area contributed by atoms with Gasteiger partial charge in [-0.25, -0.2) is 0 Å². The summed E-state index contributed by atoms with van der Waals surface area (Å²) in [5.74, 6) is 0. The number of anilines is 3. The second-order valence-electron chi connectivity index (χ2n) is 16.8. The van der Waals surface area contributed by atoms with E-state index in [4.69, 9.17) is 4.42 Å². The molecule has 0 radical (unpaired) electrons. The number of nitrogens with zero attached hydrogens (tertiary/aromatic N) is 1. The number of furan rings is 1. The quantitative estimate of drug-likeness (QED) is 0.156. The molecule has 0 aliphatic heterocycles. The number of rotatable bonds is 6. The highest BCUT2D eigenvalue weighted by atomic mass is 16.3. The molecule has 0 fully saturated rings. The maximum atomic E-state index is 6.76. The summed E-state index contributed by atoms with van der Waals surface area (Å²) in [6.45, 7) is 0. The van der Waals surface area contributed by atoms with E-state index >= 15 is 0 Å². The predicted molar refractivity (Wildman–Crippen MR) is 272 cm³/mol. The first kappa shape index (κ1) is 36.2. The molecule has 13 aromatic rings. The molecule has 0 spiro atoms. The van der Waals surface area contributed by atoms with Gasteiger partial charge in [0.25, 0.3) is 0 Å². The van der Waals surface area contributed by atoms with Crippen LogP contribution < -0.4 is 4.90 Å². The van der Waals surface area contributed by atoms with Crippen LogP contribution in [0.1, 0.15) is 0 Å². The summed E-state index contributed by atoms with van der Waals surface area (Å²) in [4.78, 5) is 2.39. The summed E-state index contributed by atoms with van der Waals surface area (Å²) < 4.78 is 6.76. The van der Waals surface area contributed by atoms with Crippen LogP contribution in [0.2, 0.25) is 0 Å².